The standard InChI is InChI=1S/C15H12.C13H28S.C12H18.C4H8.C4H10.C2H6/c1-3-13-5-4-6-15(11-13)14-9-7-12(2)8-10-14;1-6-8-12(7-2)13(10-14-5)9-11(3)4;1-9-6-7-10(2)11(8-9)12(3,4)5;1-4(2)3;1-3-4-2;1-2/h1,4-11H,2H3;11-13H,6-10H2,1-5H3;6-8H,1-5H3;1H2,2-3H3;3-4H2,1-2H3;1-2H3/t;12?,13-;;;;/m.1..../s1. The molecule has 0 bridgehead atoms. The predicted octanol–water partition coefficient (Wildman–Crippen LogP) is 16.5. The summed E-state index contributed by atoms with van der Waals surface area (Å²) in [5.41, 5.74) is 10.2. The van der Waals surface area contributed by atoms with Crippen molar-refractivity contribution in [2.24, 2.45) is 17.8 Å². The number of thioether (sulfide) groups is 1. The summed E-state index contributed by atoms with van der Waals surface area (Å²) in [6, 6.07) is 23.2. The summed E-state index contributed by atoms with van der Waals surface area (Å²) in [6.07, 6.45) is 15.8. The zero-order valence-electron chi connectivity index (χ0n) is 36.7. The summed E-state index contributed by atoms with van der Waals surface area (Å²) in [4.78, 5) is 0. The number of rotatable bonds is 10. The van der Waals surface area contributed by atoms with E-state index >= 15 is 0 Å². The molecule has 2 atom stereocenters. The number of hydrogen-bond donors (Lipinski definition) is 0. The monoisotopic (exact) mass is 715 g/mol. The maximum atomic E-state index is 5.37. The minimum Gasteiger partial charge on any atom is -0.165 e. The maximum absolute atomic E-state index is 5.37. The molecule has 0 aliphatic rings. The molecule has 0 heterocycles. The van der Waals surface area contributed by atoms with E-state index < -0.39 is 0 Å². The van der Waals surface area contributed by atoms with Crippen molar-refractivity contribution in [3.05, 3.63) is 107 Å². The Morgan fingerprint density at radius 2 is 1.29 bits per heavy atom. The zero-order valence-corrected chi connectivity index (χ0v) is 37.5. The first-order valence-corrected chi connectivity index (χ1v) is 21.2. The van der Waals surface area contributed by atoms with E-state index in [1.165, 1.54) is 83.2 Å². The number of hydrogen-bond acceptors (Lipinski definition) is 1. The molecule has 0 amide bonds. The second kappa shape index (κ2) is 32.0. The molecule has 0 spiro atoms. The molecule has 0 N–H and O–H groups in total. The second-order valence-corrected chi connectivity index (χ2v) is 16.1. The summed E-state index contributed by atoms with van der Waals surface area (Å²) >= 11 is 2.02. The molecule has 0 radical (unpaired) electrons. The molecule has 0 fully saturated rings. The van der Waals surface area contributed by atoms with Gasteiger partial charge in [-0.1, -0.05) is 185 Å². The van der Waals surface area contributed by atoms with Gasteiger partial charge in [0, 0.05) is 5.56 Å². The zero-order chi connectivity index (χ0) is 40.0. The SMILES string of the molecule is C#Cc1cccc(-c2ccc(C)cc2)c1.C=C(C)C.CC.CCCC.CCCC(CC)[C@@H](CSC)CC(C)C.Cc1ccc(C)c(C(C)(C)C)c1. The van der Waals surface area contributed by atoms with Gasteiger partial charge in [0.1, 0.15) is 0 Å². The van der Waals surface area contributed by atoms with Crippen LogP contribution >= 0.6 is 11.8 Å². The Morgan fingerprint density at radius 3 is 1.69 bits per heavy atom. The highest BCUT2D eigenvalue weighted by Crippen LogP contribution is 2.30. The van der Waals surface area contributed by atoms with Crippen molar-refractivity contribution in [2.45, 2.75) is 155 Å². The van der Waals surface area contributed by atoms with Crippen LogP contribution in [0.5, 0.6) is 0 Å². The van der Waals surface area contributed by atoms with Gasteiger partial charge in [0.15, 0.2) is 0 Å². The van der Waals surface area contributed by atoms with Crippen LogP contribution in [0.4, 0.5) is 0 Å². The van der Waals surface area contributed by atoms with Crippen LogP contribution in [0.15, 0.2) is 78.9 Å². The van der Waals surface area contributed by atoms with Gasteiger partial charge in [-0.25, -0.2) is 0 Å². The highest BCUT2D eigenvalue weighted by Gasteiger charge is 2.19. The highest BCUT2D eigenvalue weighted by atomic mass is 32.2. The Bertz CT molecular complexity index is 1290. The van der Waals surface area contributed by atoms with Gasteiger partial charge < -0.3 is 0 Å². The fourth-order valence-corrected chi connectivity index (χ4v) is 6.27. The molecule has 0 saturated carbocycles. The first kappa shape index (κ1) is 52.7. The molecule has 288 valence electrons. The van der Waals surface area contributed by atoms with Gasteiger partial charge in [0.05, 0.1) is 0 Å². The van der Waals surface area contributed by atoms with E-state index in [0.717, 1.165) is 23.3 Å². The highest BCUT2D eigenvalue weighted by molar-refractivity contribution is 7.98. The minimum absolute atomic E-state index is 0.274. The lowest BCUT2D eigenvalue weighted by atomic mass is 9.82. The van der Waals surface area contributed by atoms with Crippen molar-refractivity contribution in [1.82, 2.24) is 0 Å². The molecule has 0 aliphatic carbocycles. The minimum atomic E-state index is 0.274. The van der Waals surface area contributed by atoms with Crippen LogP contribution in [0.3, 0.4) is 0 Å². The first-order chi connectivity index (χ1) is 24.0. The molecular formula is C50H82S. The average Bonchev–Trinajstić information content (AvgIpc) is 3.09. The molecular weight excluding hydrogens is 633 g/mol. The Labute approximate surface area is 325 Å². The molecule has 0 aromatic heterocycles. The number of terminal acetylenes is 1. The van der Waals surface area contributed by atoms with Gasteiger partial charge >= 0.3 is 0 Å². The molecule has 1 heteroatoms. The molecule has 3 rings (SSSR count). The van der Waals surface area contributed by atoms with Crippen LogP contribution in [0.1, 0.15) is 156 Å². The van der Waals surface area contributed by atoms with E-state index in [-0.39, 0.29) is 5.41 Å². The van der Waals surface area contributed by atoms with E-state index in [1.54, 1.807) is 0 Å². The summed E-state index contributed by atoms with van der Waals surface area (Å²) in [6.45, 7) is 38.4. The Hall–Kier alpha value is -2.69. The fraction of sp³-hybridized carbons (Fsp3) is 0.560. The van der Waals surface area contributed by atoms with Crippen LogP contribution in [0.25, 0.3) is 11.1 Å². The van der Waals surface area contributed by atoms with Gasteiger partial charge in [-0.3, -0.25) is 0 Å². The lowest BCUT2D eigenvalue weighted by Crippen LogP contribution is -2.18. The molecule has 3 aromatic carbocycles. The smallest absolute Gasteiger partial charge is 0.0248 e. The van der Waals surface area contributed by atoms with Crippen LogP contribution in [0.2, 0.25) is 0 Å². The van der Waals surface area contributed by atoms with Crippen molar-refractivity contribution < 1.29 is 0 Å². The lowest BCUT2D eigenvalue weighted by Gasteiger charge is -2.27. The van der Waals surface area contributed by atoms with Crippen molar-refractivity contribution in [3.8, 4) is 23.5 Å². The largest absolute Gasteiger partial charge is 0.165 e. The van der Waals surface area contributed by atoms with E-state index in [0.29, 0.717) is 0 Å². The third-order valence-electron chi connectivity index (χ3n) is 8.12. The molecule has 0 aliphatic heterocycles. The summed E-state index contributed by atoms with van der Waals surface area (Å²) in [7, 11) is 0. The van der Waals surface area contributed by atoms with Gasteiger partial charge in [-0.05, 0) is 111 Å². The predicted molar refractivity (Wildman–Crippen MR) is 242 cm³/mol. The first-order valence-electron chi connectivity index (χ1n) is 19.8. The average molecular weight is 715 g/mol. The van der Waals surface area contributed by atoms with Crippen LogP contribution < -0.4 is 0 Å². The quantitative estimate of drug-likeness (QED) is 0.149. The van der Waals surface area contributed by atoms with Gasteiger partial charge in [-0.2, -0.15) is 11.8 Å². The number of allylic oxidation sites excluding steroid dienone is 1. The Morgan fingerprint density at radius 1 is 0.765 bits per heavy atom. The van der Waals surface area contributed by atoms with Crippen LogP contribution in [0, 0.1) is 50.9 Å². The van der Waals surface area contributed by atoms with Gasteiger partial charge in [0.25, 0.3) is 0 Å². The van der Waals surface area contributed by atoms with Gasteiger partial charge in [0.2, 0.25) is 0 Å². The molecule has 0 nitrogen and oxygen atoms in total. The fourth-order valence-electron chi connectivity index (χ4n) is 5.44. The second-order valence-electron chi connectivity index (χ2n) is 15.2. The van der Waals surface area contributed by atoms with E-state index in [2.05, 4.69) is 150 Å². The molecule has 3 aromatic rings. The summed E-state index contributed by atoms with van der Waals surface area (Å²) in [5.74, 6) is 6.79. The van der Waals surface area contributed by atoms with Gasteiger partial charge in [-0.15, -0.1) is 13.0 Å². The number of unbranched alkanes of at least 4 members (excludes halogenated alkanes) is 1. The van der Waals surface area contributed by atoms with Crippen molar-refractivity contribution in [1.29, 1.82) is 0 Å². The van der Waals surface area contributed by atoms with E-state index in [4.69, 9.17) is 6.42 Å². The Kier molecular flexibility index (Phi) is 33.0. The molecule has 51 heavy (non-hydrogen) atoms. The third kappa shape index (κ3) is 27.6. The van der Waals surface area contributed by atoms with E-state index in [9.17, 15) is 0 Å². The van der Waals surface area contributed by atoms with E-state index in [1.807, 2.05) is 57.7 Å². The van der Waals surface area contributed by atoms with Crippen molar-refractivity contribution >= 4 is 11.8 Å². The third-order valence-corrected chi connectivity index (χ3v) is 8.88. The topological polar surface area (TPSA) is 0 Å². The van der Waals surface area contributed by atoms with Crippen molar-refractivity contribution in [2.75, 3.05) is 12.0 Å². The normalized spacial score (nSPS) is 11.2. The molecule has 0 saturated heterocycles. The summed E-state index contributed by atoms with van der Waals surface area (Å²) in [5, 5.41) is 0. The van der Waals surface area contributed by atoms with Crippen LogP contribution in [-0.2, 0) is 5.41 Å². The van der Waals surface area contributed by atoms with Crippen molar-refractivity contribution in [3.63, 3.8) is 0 Å². The maximum Gasteiger partial charge on any atom is 0.0248 e. The molecule has 1 unspecified atom stereocenters. The number of benzene rings is 3. The lowest BCUT2D eigenvalue weighted by molar-refractivity contribution is 0.283. The Balaban J connectivity index is -0.000000601. The number of aryl methyl sites for hydroxylation is 3. The van der Waals surface area contributed by atoms with Crippen LogP contribution in [-0.4, -0.2) is 12.0 Å². The summed E-state index contributed by atoms with van der Waals surface area (Å²) < 4.78 is 0.